The fourth-order valence-electron chi connectivity index (χ4n) is 14.0. The molecule has 0 N–H and O–H groups in total. The zero-order chi connectivity index (χ0) is 86.0. The molecule has 0 unspecified atom stereocenters. The van der Waals surface area contributed by atoms with E-state index < -0.39 is 144 Å². The summed E-state index contributed by atoms with van der Waals surface area (Å²) >= 11 is 0. The van der Waals surface area contributed by atoms with Gasteiger partial charge in [-0.2, -0.15) is 13.2 Å². The first-order valence-electron chi connectivity index (χ1n) is 38.7. The third-order valence-electron chi connectivity index (χ3n) is 19.9. The van der Waals surface area contributed by atoms with E-state index in [1.54, 1.807) is 83.4 Å². The highest BCUT2D eigenvalue weighted by atomic mass is 31.1. The van der Waals surface area contributed by atoms with Crippen LogP contribution < -0.4 is 69.0 Å². The largest absolute Gasteiger partial charge is 0.416 e. The molecular formula is C96H84F18P6. The highest BCUT2D eigenvalue weighted by molar-refractivity contribution is 7.80. The molecule has 0 nitrogen and oxygen atoms in total. The van der Waals surface area contributed by atoms with Gasteiger partial charge in [0.05, 0.1) is 21.5 Å². The van der Waals surface area contributed by atoms with Crippen LogP contribution in [0, 0.1) is 87.3 Å². The molecule has 2 aliphatic rings. The predicted molar refractivity (Wildman–Crippen MR) is 466 cm³/mol. The predicted octanol–water partition coefficient (Wildman–Crippen LogP) is 24.5. The van der Waals surface area contributed by atoms with Crippen molar-refractivity contribution < 1.29 is 79.0 Å². The second-order valence-electron chi connectivity index (χ2n) is 27.5. The van der Waals surface area contributed by atoms with E-state index in [1.165, 1.54) is 105 Å². The molecule has 13 aromatic carbocycles. The lowest BCUT2D eigenvalue weighted by molar-refractivity contribution is -0.137. The van der Waals surface area contributed by atoms with Gasteiger partial charge in [0.15, 0.2) is 69.8 Å². The van der Waals surface area contributed by atoms with E-state index in [1.807, 2.05) is 60.7 Å². The van der Waals surface area contributed by atoms with Crippen molar-refractivity contribution in [3.63, 3.8) is 0 Å². The van der Waals surface area contributed by atoms with Crippen molar-refractivity contribution in [2.24, 2.45) is 0 Å². The zero-order valence-electron chi connectivity index (χ0n) is 65.4. The number of halogens is 18. The van der Waals surface area contributed by atoms with Crippen molar-refractivity contribution >= 4 is 116 Å². The second kappa shape index (κ2) is 45.9. The van der Waals surface area contributed by atoms with Gasteiger partial charge in [0.1, 0.15) is 0 Å². The Labute approximate surface area is 696 Å². The lowest BCUT2D eigenvalue weighted by Crippen LogP contribution is -2.33. The van der Waals surface area contributed by atoms with Crippen LogP contribution in [0.15, 0.2) is 297 Å². The molecular weight excluding hydrogens is 1680 g/mol. The average molecular weight is 1770 g/mol. The summed E-state index contributed by atoms with van der Waals surface area (Å²) in [7, 11) is -6.12. The van der Waals surface area contributed by atoms with Crippen molar-refractivity contribution in [2.45, 2.75) is 95.5 Å². The zero-order valence-corrected chi connectivity index (χ0v) is 70.8. The molecule has 2 aliphatic carbocycles. The molecule has 0 saturated heterocycles. The molecule has 0 bridgehead atoms. The molecule has 13 aromatic rings. The average Bonchev–Trinajstić information content (AvgIpc) is 0.720. The minimum absolute atomic E-state index is 0.108. The summed E-state index contributed by atoms with van der Waals surface area (Å²) in [5, 5.41) is 5.63. The highest BCUT2D eigenvalue weighted by Crippen LogP contribution is 2.55. The second-order valence-corrected chi connectivity index (χ2v) is 41.8. The molecule has 2 saturated carbocycles. The van der Waals surface area contributed by atoms with E-state index in [0.29, 0.717) is 10.6 Å². The van der Waals surface area contributed by atoms with Crippen LogP contribution in [0.25, 0.3) is 0 Å². The van der Waals surface area contributed by atoms with Gasteiger partial charge in [-0.15, -0.1) is 0 Å². The Balaban J connectivity index is 0.000000155. The normalized spacial score (nSPS) is 13.0. The minimum Gasteiger partial charge on any atom is -0.203 e. The van der Waals surface area contributed by atoms with Gasteiger partial charge in [-0.1, -0.05) is 353 Å². The van der Waals surface area contributed by atoms with Crippen LogP contribution in [0.4, 0.5) is 79.0 Å². The van der Waals surface area contributed by atoms with Crippen LogP contribution in [0.1, 0.15) is 83.6 Å². The van der Waals surface area contributed by atoms with Gasteiger partial charge >= 0.3 is 6.18 Å². The highest BCUT2D eigenvalue weighted by Gasteiger charge is 2.40. The van der Waals surface area contributed by atoms with Crippen molar-refractivity contribution in [3.8, 4) is 0 Å². The molecule has 0 aromatic heterocycles. The molecule has 120 heavy (non-hydrogen) atoms. The fraction of sp³-hybridized carbons (Fsp3) is 0.188. The summed E-state index contributed by atoms with van der Waals surface area (Å²) in [6, 6.07) is 91.3. The Morgan fingerprint density at radius 1 is 0.233 bits per heavy atom. The first-order chi connectivity index (χ1) is 57.9. The Kier molecular flexibility index (Phi) is 35.7. The standard InChI is InChI=1S/C19H14F3P.C18H5F10P.C18H10F5P.C18H27P.C13H13P.C10H15P/c20-19(21,22)15-11-13-18(14-12-15)23(16-7-3-1-4-8-16)17-9-5-2-6-10-17;19-7-9(21)13(25)17(14(26)10(7)22)29(6-4-2-1-3-5-6)18-15(27)11(23)8(20)12(24)16(18)28;19-13-14(20)16(22)18(17(23)15(13)21)24(11-7-3-1-4-8-11)12-9-5-2-6-10-12;1-4-10-16(11-5-1)19(17-12-6-2-7-13-17)18-14-8-3-9-15-18;1-14(12-8-4-2-5-9-12)13-10-6-3-7-11-13;1-3-11(4-2)10-8-6-5-7-9-10/h1-14H;1-5H;1-10H;1,4-5,10-11,17-18H,2-3,6-9,12-15H2;2-11H,1H3;5-9H,3-4H2,1-2H3. The van der Waals surface area contributed by atoms with E-state index in [2.05, 4.69) is 142 Å². The van der Waals surface area contributed by atoms with E-state index in [4.69, 9.17) is 0 Å². The Morgan fingerprint density at radius 3 is 0.700 bits per heavy atom. The van der Waals surface area contributed by atoms with Crippen LogP contribution >= 0.6 is 47.5 Å². The molecule has 2 fully saturated rings. The van der Waals surface area contributed by atoms with Crippen LogP contribution in [0.2, 0.25) is 0 Å². The third-order valence-corrected chi connectivity index (χ3v) is 35.5. The van der Waals surface area contributed by atoms with Gasteiger partial charge < -0.3 is 0 Å². The first-order valence-corrected chi connectivity index (χ1v) is 47.7. The molecule has 0 spiro atoms. The smallest absolute Gasteiger partial charge is 0.203 e. The summed E-state index contributed by atoms with van der Waals surface area (Å²) in [6.45, 7) is 6.87. The van der Waals surface area contributed by atoms with E-state index >= 15 is 0 Å². The SMILES string of the molecule is CCP(CC)c1ccccc1.CP(c1ccccc1)c1ccccc1.FC(F)(F)c1ccc(P(c2ccccc2)c2ccccc2)cc1.Fc1c(F)c(F)c(P(c2ccccc2)c2c(F)c(F)c(F)c(F)c2F)c(F)c1F.Fc1c(F)c(F)c(P(c2ccccc2)c2ccccc2)c(F)c1F.c1ccc(P(C2CCCCC2)C2CCCCC2)cc1. The third kappa shape index (κ3) is 23.9. The summed E-state index contributed by atoms with van der Waals surface area (Å²) in [5.41, 5.74) is 1.46. The van der Waals surface area contributed by atoms with Crippen LogP contribution in [0.3, 0.4) is 0 Å². The summed E-state index contributed by atoms with van der Waals surface area (Å²) < 4.78 is 246. The summed E-state index contributed by atoms with van der Waals surface area (Å²) in [6.07, 6.45) is 13.3. The van der Waals surface area contributed by atoms with Crippen molar-refractivity contribution in [2.75, 3.05) is 19.0 Å². The molecule has 0 heterocycles. The Hall–Kier alpha value is -8.82. The minimum atomic E-state index is -4.30. The number of hydrogen-bond donors (Lipinski definition) is 0. The first kappa shape index (κ1) is 93.4. The number of rotatable bonds is 17. The maximum absolute atomic E-state index is 14.4. The molecule has 15 rings (SSSR count). The number of alkyl halides is 3. The van der Waals surface area contributed by atoms with E-state index in [9.17, 15) is 79.0 Å². The van der Waals surface area contributed by atoms with Gasteiger partial charge in [-0.3, -0.25) is 0 Å². The Morgan fingerprint density at radius 2 is 0.442 bits per heavy atom. The maximum Gasteiger partial charge on any atom is 0.416 e. The van der Waals surface area contributed by atoms with Crippen LogP contribution in [0.5, 0.6) is 0 Å². The molecule has 0 amide bonds. The number of benzene rings is 13. The molecule has 0 atom stereocenters. The van der Waals surface area contributed by atoms with Crippen LogP contribution in [-0.2, 0) is 6.18 Å². The molecule has 24 heteroatoms. The van der Waals surface area contributed by atoms with Crippen molar-refractivity contribution in [1.82, 2.24) is 0 Å². The van der Waals surface area contributed by atoms with Gasteiger partial charge in [-0.05, 0) is 153 Å². The Bertz CT molecular complexity index is 5020. The quantitative estimate of drug-likeness (QED) is 0.0369. The molecule has 0 aliphatic heterocycles. The summed E-state index contributed by atoms with van der Waals surface area (Å²) in [4.78, 5) is 0. The number of hydrogen-bond acceptors (Lipinski definition) is 0. The molecule has 624 valence electrons. The molecule has 0 radical (unpaired) electrons. The monoisotopic (exact) mass is 1760 g/mol. The lowest BCUT2D eigenvalue weighted by atomic mass is 9.99. The topological polar surface area (TPSA) is 0 Å². The summed E-state index contributed by atoms with van der Waals surface area (Å²) in [5.74, 6) is -34.1. The maximum atomic E-state index is 14.4. The van der Waals surface area contributed by atoms with E-state index in [-0.39, 0.29) is 23.8 Å². The fourth-order valence-corrected chi connectivity index (χ4v) is 28.1. The van der Waals surface area contributed by atoms with Crippen molar-refractivity contribution in [1.29, 1.82) is 0 Å². The van der Waals surface area contributed by atoms with Gasteiger partial charge in [0.2, 0.25) is 17.5 Å². The van der Waals surface area contributed by atoms with Gasteiger partial charge in [0.25, 0.3) is 0 Å². The van der Waals surface area contributed by atoms with Gasteiger partial charge in [-0.25, -0.2) is 65.9 Å². The van der Waals surface area contributed by atoms with Gasteiger partial charge in [0, 0.05) is 0 Å². The van der Waals surface area contributed by atoms with E-state index in [0.717, 1.165) is 51.5 Å². The lowest BCUT2D eigenvalue weighted by Gasteiger charge is -2.38. The van der Waals surface area contributed by atoms with Crippen LogP contribution in [-0.4, -0.2) is 30.3 Å². The van der Waals surface area contributed by atoms with Crippen molar-refractivity contribution in [3.05, 3.63) is 390 Å².